The quantitative estimate of drug-likeness (QED) is 0.804. The summed E-state index contributed by atoms with van der Waals surface area (Å²) < 4.78 is 0. The van der Waals surface area contributed by atoms with Gasteiger partial charge in [-0.15, -0.1) is 0 Å². The molecule has 6 nitrogen and oxygen atoms in total. The van der Waals surface area contributed by atoms with E-state index in [1.807, 2.05) is 13.0 Å². The van der Waals surface area contributed by atoms with Gasteiger partial charge in [-0.3, -0.25) is 4.79 Å². The maximum atomic E-state index is 11.2. The molecule has 104 valence electrons. The van der Waals surface area contributed by atoms with Crippen molar-refractivity contribution in [3.8, 4) is 0 Å². The van der Waals surface area contributed by atoms with Gasteiger partial charge in [-0.1, -0.05) is 11.6 Å². The van der Waals surface area contributed by atoms with Crippen LogP contribution >= 0.6 is 11.6 Å². The Morgan fingerprint density at radius 2 is 2.05 bits per heavy atom. The Hall–Kier alpha value is -2.34. The van der Waals surface area contributed by atoms with E-state index in [4.69, 9.17) is 17.3 Å². The summed E-state index contributed by atoms with van der Waals surface area (Å²) in [4.78, 5) is 19.8. The summed E-state index contributed by atoms with van der Waals surface area (Å²) in [5, 5.41) is 6.27. The fraction of sp³-hybridized carbons (Fsp3) is 0.154. The molecule has 1 aromatic carbocycles. The molecule has 0 fully saturated rings. The van der Waals surface area contributed by atoms with Crippen LogP contribution in [0.25, 0.3) is 0 Å². The molecule has 0 aliphatic carbocycles. The number of nitrogens with two attached hydrogens (primary N) is 1. The number of rotatable bonds is 4. The first-order valence-corrected chi connectivity index (χ1v) is 6.27. The van der Waals surface area contributed by atoms with E-state index < -0.39 is 5.91 Å². The van der Waals surface area contributed by atoms with E-state index in [0.29, 0.717) is 22.5 Å². The predicted octanol–water partition coefficient (Wildman–Crippen LogP) is 2.32. The highest BCUT2D eigenvalue weighted by molar-refractivity contribution is 6.33. The molecule has 2 rings (SSSR count). The second-order valence-corrected chi connectivity index (χ2v) is 4.56. The van der Waals surface area contributed by atoms with Gasteiger partial charge in [0.1, 0.15) is 5.82 Å². The van der Waals surface area contributed by atoms with Gasteiger partial charge in [0.25, 0.3) is 0 Å². The molecule has 0 radical (unpaired) electrons. The summed E-state index contributed by atoms with van der Waals surface area (Å²) in [6, 6.07) is 6.70. The van der Waals surface area contributed by atoms with Crippen LogP contribution in [0.1, 0.15) is 16.1 Å². The molecule has 0 aliphatic rings. The molecule has 0 saturated heterocycles. The van der Waals surface area contributed by atoms with Crippen molar-refractivity contribution in [2.45, 2.75) is 6.92 Å². The third-order valence-electron chi connectivity index (χ3n) is 2.60. The highest BCUT2D eigenvalue weighted by atomic mass is 35.5. The summed E-state index contributed by atoms with van der Waals surface area (Å²) in [5.74, 6) is 0.538. The van der Waals surface area contributed by atoms with Gasteiger partial charge in [0.15, 0.2) is 0 Å². The van der Waals surface area contributed by atoms with E-state index in [-0.39, 0.29) is 5.56 Å². The van der Waals surface area contributed by atoms with Crippen LogP contribution in [0.4, 0.5) is 17.5 Å². The summed E-state index contributed by atoms with van der Waals surface area (Å²) in [7, 11) is 1.78. The van der Waals surface area contributed by atoms with Crippen LogP contribution in [-0.2, 0) is 0 Å². The molecule has 0 spiro atoms. The number of nitrogens with zero attached hydrogens (tertiary/aromatic N) is 2. The number of hydrogen-bond acceptors (Lipinski definition) is 5. The Balaban J connectivity index is 2.32. The van der Waals surface area contributed by atoms with Crippen molar-refractivity contribution in [1.29, 1.82) is 0 Å². The number of hydrogen-bond donors (Lipinski definition) is 3. The molecule has 4 N–H and O–H groups in total. The number of halogens is 1. The molecule has 1 heterocycles. The third-order valence-corrected chi connectivity index (χ3v) is 2.93. The molecule has 0 saturated carbocycles. The SMILES string of the molecule is CNc1cc(C)nc(Nc2ccc(Cl)c(C(N)=O)c2)n1. The Kier molecular flexibility index (Phi) is 4.05. The average molecular weight is 292 g/mol. The van der Waals surface area contributed by atoms with Crippen LogP contribution in [0.2, 0.25) is 5.02 Å². The first-order chi connectivity index (χ1) is 9.49. The minimum atomic E-state index is -0.584. The van der Waals surface area contributed by atoms with Gasteiger partial charge < -0.3 is 16.4 Å². The first kappa shape index (κ1) is 14.1. The van der Waals surface area contributed by atoms with E-state index in [1.165, 1.54) is 0 Å². The average Bonchev–Trinajstić information content (AvgIpc) is 2.40. The molecule has 1 aromatic heterocycles. The van der Waals surface area contributed by atoms with Gasteiger partial charge in [0.2, 0.25) is 11.9 Å². The van der Waals surface area contributed by atoms with Gasteiger partial charge in [-0.2, -0.15) is 4.98 Å². The lowest BCUT2D eigenvalue weighted by atomic mass is 10.2. The number of aromatic nitrogens is 2. The third kappa shape index (κ3) is 3.16. The smallest absolute Gasteiger partial charge is 0.250 e. The minimum absolute atomic E-state index is 0.248. The van der Waals surface area contributed by atoms with Crippen molar-refractivity contribution in [2.75, 3.05) is 17.7 Å². The van der Waals surface area contributed by atoms with Crippen LogP contribution < -0.4 is 16.4 Å². The maximum absolute atomic E-state index is 11.2. The molecule has 0 unspecified atom stereocenters. The Morgan fingerprint density at radius 3 is 2.70 bits per heavy atom. The standard InChI is InChI=1S/C13H14ClN5O/c1-7-5-11(16-2)19-13(17-7)18-8-3-4-10(14)9(6-8)12(15)20/h3-6H,1-2H3,(H2,15,20)(H2,16,17,18,19). The summed E-state index contributed by atoms with van der Waals surface area (Å²) in [6.45, 7) is 1.87. The van der Waals surface area contributed by atoms with Crippen molar-refractivity contribution < 1.29 is 4.79 Å². The van der Waals surface area contributed by atoms with Crippen LogP contribution in [0.3, 0.4) is 0 Å². The number of amides is 1. The zero-order valence-corrected chi connectivity index (χ0v) is 11.8. The molecule has 0 bridgehead atoms. The number of nitrogens with one attached hydrogen (secondary N) is 2. The van der Waals surface area contributed by atoms with Crippen LogP contribution in [0.5, 0.6) is 0 Å². The zero-order valence-electron chi connectivity index (χ0n) is 11.1. The topological polar surface area (TPSA) is 92.9 Å². The van der Waals surface area contributed by atoms with Crippen LogP contribution in [0, 0.1) is 6.92 Å². The van der Waals surface area contributed by atoms with E-state index in [0.717, 1.165) is 5.69 Å². The monoisotopic (exact) mass is 291 g/mol. The fourth-order valence-corrected chi connectivity index (χ4v) is 1.88. The zero-order chi connectivity index (χ0) is 14.7. The minimum Gasteiger partial charge on any atom is -0.373 e. The normalized spacial score (nSPS) is 10.2. The summed E-state index contributed by atoms with van der Waals surface area (Å²) in [5.41, 5.74) is 6.95. The van der Waals surface area contributed by atoms with Gasteiger partial charge in [0, 0.05) is 24.5 Å². The lowest BCUT2D eigenvalue weighted by molar-refractivity contribution is 0.100. The molecule has 1 amide bonds. The largest absolute Gasteiger partial charge is 0.373 e. The van der Waals surface area contributed by atoms with Crippen molar-refractivity contribution in [3.63, 3.8) is 0 Å². The number of aryl methyl sites for hydroxylation is 1. The van der Waals surface area contributed by atoms with Crippen LogP contribution in [-0.4, -0.2) is 22.9 Å². The van der Waals surface area contributed by atoms with Crippen molar-refractivity contribution in [2.24, 2.45) is 5.73 Å². The van der Waals surface area contributed by atoms with Gasteiger partial charge in [0.05, 0.1) is 10.6 Å². The van der Waals surface area contributed by atoms with Gasteiger partial charge in [-0.05, 0) is 25.1 Å². The maximum Gasteiger partial charge on any atom is 0.250 e. The van der Waals surface area contributed by atoms with Crippen molar-refractivity contribution in [3.05, 3.63) is 40.5 Å². The van der Waals surface area contributed by atoms with Crippen LogP contribution in [0.15, 0.2) is 24.3 Å². The molecule has 0 atom stereocenters. The van der Waals surface area contributed by atoms with Crippen molar-refractivity contribution in [1.82, 2.24) is 9.97 Å². The highest BCUT2D eigenvalue weighted by Crippen LogP contribution is 2.22. The Bertz CT molecular complexity index is 659. The van der Waals surface area contributed by atoms with E-state index in [1.54, 1.807) is 25.2 Å². The molecular formula is C13H14ClN5O. The number of carbonyl (C=O) groups excluding carboxylic acids is 1. The summed E-state index contributed by atoms with van der Waals surface area (Å²) >= 11 is 5.90. The van der Waals surface area contributed by atoms with Crippen molar-refractivity contribution >= 4 is 35.0 Å². The highest BCUT2D eigenvalue weighted by Gasteiger charge is 2.09. The number of benzene rings is 1. The molecule has 20 heavy (non-hydrogen) atoms. The molecule has 2 aromatic rings. The summed E-state index contributed by atoms with van der Waals surface area (Å²) in [6.07, 6.45) is 0. The first-order valence-electron chi connectivity index (χ1n) is 5.89. The molecule has 7 heteroatoms. The van der Waals surface area contributed by atoms with Gasteiger partial charge >= 0.3 is 0 Å². The lowest BCUT2D eigenvalue weighted by Crippen LogP contribution is -2.12. The Morgan fingerprint density at radius 1 is 1.30 bits per heavy atom. The lowest BCUT2D eigenvalue weighted by Gasteiger charge is -2.09. The van der Waals surface area contributed by atoms with Gasteiger partial charge in [-0.25, -0.2) is 4.98 Å². The number of carbonyl (C=O) groups is 1. The molecule has 0 aliphatic heterocycles. The van der Waals surface area contributed by atoms with E-state index in [2.05, 4.69) is 20.6 Å². The second-order valence-electron chi connectivity index (χ2n) is 4.15. The van der Waals surface area contributed by atoms with E-state index in [9.17, 15) is 4.79 Å². The molecular weight excluding hydrogens is 278 g/mol. The second kappa shape index (κ2) is 5.75. The number of primary amides is 1. The van der Waals surface area contributed by atoms with E-state index >= 15 is 0 Å². The predicted molar refractivity (Wildman–Crippen MR) is 79.6 cm³/mol. The fourth-order valence-electron chi connectivity index (χ4n) is 1.67. The Labute approximate surface area is 121 Å². The number of anilines is 3.